The van der Waals surface area contributed by atoms with Gasteiger partial charge in [-0.3, -0.25) is 0 Å². The van der Waals surface area contributed by atoms with Crippen molar-refractivity contribution in [2.45, 2.75) is 31.8 Å². The fourth-order valence-corrected chi connectivity index (χ4v) is 2.60. The molecule has 78 valence electrons. The summed E-state index contributed by atoms with van der Waals surface area (Å²) in [6, 6.07) is 4.18. The van der Waals surface area contributed by atoms with E-state index in [0.717, 1.165) is 25.3 Å². The van der Waals surface area contributed by atoms with Crippen molar-refractivity contribution >= 4 is 16.3 Å². The molecule has 1 aromatic rings. The van der Waals surface area contributed by atoms with Gasteiger partial charge in [0.25, 0.3) is 0 Å². The van der Waals surface area contributed by atoms with Crippen LogP contribution in [-0.4, -0.2) is 17.8 Å². The second kappa shape index (κ2) is 4.80. The van der Waals surface area contributed by atoms with Crippen molar-refractivity contribution in [1.29, 1.82) is 0 Å². The lowest BCUT2D eigenvalue weighted by atomic mass is 9.87. The number of aliphatic hydroxyl groups excluding tert-OH is 1. The molecule has 1 saturated carbocycles. The molecule has 0 bridgehead atoms. The van der Waals surface area contributed by atoms with E-state index < -0.39 is 0 Å². The van der Waals surface area contributed by atoms with Crippen molar-refractivity contribution in [2.24, 2.45) is 5.92 Å². The van der Waals surface area contributed by atoms with E-state index in [0.29, 0.717) is 0 Å². The van der Waals surface area contributed by atoms with Gasteiger partial charge in [-0.05, 0) is 49.1 Å². The van der Waals surface area contributed by atoms with E-state index in [4.69, 9.17) is 0 Å². The Morgan fingerprint density at radius 3 is 2.79 bits per heavy atom. The van der Waals surface area contributed by atoms with E-state index in [-0.39, 0.29) is 6.10 Å². The van der Waals surface area contributed by atoms with E-state index >= 15 is 0 Å². The molecule has 0 unspecified atom stereocenters. The molecule has 14 heavy (non-hydrogen) atoms. The number of rotatable bonds is 3. The molecule has 0 saturated heterocycles. The van der Waals surface area contributed by atoms with Crippen LogP contribution in [0.4, 0.5) is 5.00 Å². The molecule has 1 heterocycles. The summed E-state index contributed by atoms with van der Waals surface area (Å²) in [5.41, 5.74) is 0. The van der Waals surface area contributed by atoms with Crippen LogP contribution < -0.4 is 5.32 Å². The van der Waals surface area contributed by atoms with Crippen LogP contribution in [0.1, 0.15) is 25.7 Å². The largest absolute Gasteiger partial charge is 0.393 e. The molecule has 1 aromatic heterocycles. The fraction of sp³-hybridized carbons (Fsp3) is 0.636. The molecule has 1 fully saturated rings. The molecule has 2 nitrogen and oxygen atoms in total. The molecular formula is C11H17NOS. The third-order valence-electron chi connectivity index (χ3n) is 2.90. The highest BCUT2D eigenvalue weighted by molar-refractivity contribution is 7.14. The lowest BCUT2D eigenvalue weighted by molar-refractivity contribution is 0.111. The Hall–Kier alpha value is -0.540. The molecule has 0 amide bonds. The first kappa shape index (κ1) is 9.99. The van der Waals surface area contributed by atoms with Crippen LogP contribution in [0, 0.1) is 5.92 Å². The van der Waals surface area contributed by atoms with Crippen molar-refractivity contribution in [3.8, 4) is 0 Å². The number of thiophene rings is 1. The van der Waals surface area contributed by atoms with Crippen LogP contribution >= 0.6 is 11.3 Å². The van der Waals surface area contributed by atoms with Crippen molar-refractivity contribution in [1.82, 2.24) is 0 Å². The minimum atomic E-state index is -0.0343. The molecule has 2 N–H and O–H groups in total. The van der Waals surface area contributed by atoms with Gasteiger partial charge >= 0.3 is 0 Å². The number of anilines is 1. The second-order valence-electron chi connectivity index (χ2n) is 4.03. The standard InChI is InChI=1S/C11H17NOS/c13-10-5-3-9(4-6-10)8-12-11-2-1-7-14-11/h1-2,7,9-10,12-13H,3-6,8H2. The van der Waals surface area contributed by atoms with Gasteiger partial charge in [0.15, 0.2) is 0 Å². The summed E-state index contributed by atoms with van der Waals surface area (Å²) >= 11 is 1.75. The SMILES string of the molecule is OC1CCC(CNc2cccs2)CC1. The highest BCUT2D eigenvalue weighted by atomic mass is 32.1. The Bertz CT molecular complexity index is 252. The molecule has 2 rings (SSSR count). The van der Waals surface area contributed by atoms with E-state index in [1.165, 1.54) is 17.8 Å². The van der Waals surface area contributed by atoms with Crippen LogP contribution in [-0.2, 0) is 0 Å². The average Bonchev–Trinajstić information content (AvgIpc) is 2.70. The predicted molar refractivity (Wildman–Crippen MR) is 60.8 cm³/mol. The van der Waals surface area contributed by atoms with Gasteiger partial charge in [0.05, 0.1) is 11.1 Å². The monoisotopic (exact) mass is 211 g/mol. The Morgan fingerprint density at radius 1 is 1.36 bits per heavy atom. The van der Waals surface area contributed by atoms with E-state index in [1.807, 2.05) is 0 Å². The molecule has 0 atom stereocenters. The van der Waals surface area contributed by atoms with Gasteiger partial charge in [0.1, 0.15) is 0 Å². The first-order valence-electron chi connectivity index (χ1n) is 5.30. The molecule has 0 spiro atoms. The first-order chi connectivity index (χ1) is 6.84. The first-order valence-corrected chi connectivity index (χ1v) is 6.18. The van der Waals surface area contributed by atoms with Gasteiger partial charge < -0.3 is 10.4 Å². The Kier molecular flexibility index (Phi) is 3.43. The summed E-state index contributed by atoms with van der Waals surface area (Å²) in [7, 11) is 0. The van der Waals surface area contributed by atoms with Gasteiger partial charge in [-0.1, -0.05) is 0 Å². The zero-order valence-corrected chi connectivity index (χ0v) is 9.09. The normalized spacial score (nSPS) is 27.5. The maximum atomic E-state index is 9.36. The minimum Gasteiger partial charge on any atom is -0.393 e. The van der Waals surface area contributed by atoms with E-state index in [9.17, 15) is 5.11 Å². The van der Waals surface area contributed by atoms with Crippen LogP contribution in [0.3, 0.4) is 0 Å². The zero-order chi connectivity index (χ0) is 9.80. The van der Waals surface area contributed by atoms with Gasteiger partial charge in [0.2, 0.25) is 0 Å². The van der Waals surface area contributed by atoms with Crippen molar-refractivity contribution in [2.75, 3.05) is 11.9 Å². The molecular weight excluding hydrogens is 194 g/mol. The number of hydrogen-bond donors (Lipinski definition) is 2. The summed E-state index contributed by atoms with van der Waals surface area (Å²) in [5.74, 6) is 0.750. The quantitative estimate of drug-likeness (QED) is 0.805. The third kappa shape index (κ3) is 2.72. The second-order valence-corrected chi connectivity index (χ2v) is 4.98. The Morgan fingerprint density at radius 2 is 2.14 bits per heavy atom. The van der Waals surface area contributed by atoms with E-state index in [1.54, 1.807) is 11.3 Å². The van der Waals surface area contributed by atoms with Crippen LogP contribution in [0.25, 0.3) is 0 Å². The highest BCUT2D eigenvalue weighted by Crippen LogP contribution is 2.25. The van der Waals surface area contributed by atoms with Crippen molar-refractivity contribution in [3.05, 3.63) is 17.5 Å². The smallest absolute Gasteiger partial charge is 0.0882 e. The molecule has 0 aliphatic heterocycles. The Labute approximate surface area is 89.0 Å². The number of hydrogen-bond acceptors (Lipinski definition) is 3. The van der Waals surface area contributed by atoms with Crippen LogP contribution in [0.2, 0.25) is 0 Å². The third-order valence-corrected chi connectivity index (χ3v) is 3.73. The van der Waals surface area contributed by atoms with Gasteiger partial charge in [-0.2, -0.15) is 0 Å². The molecule has 0 radical (unpaired) electrons. The predicted octanol–water partition coefficient (Wildman–Crippen LogP) is 2.71. The molecule has 0 aromatic carbocycles. The summed E-state index contributed by atoms with van der Waals surface area (Å²) in [4.78, 5) is 0. The summed E-state index contributed by atoms with van der Waals surface area (Å²) in [6.45, 7) is 1.06. The molecule has 1 aliphatic rings. The number of aliphatic hydroxyl groups is 1. The number of nitrogens with one attached hydrogen (secondary N) is 1. The highest BCUT2D eigenvalue weighted by Gasteiger charge is 2.18. The summed E-state index contributed by atoms with van der Waals surface area (Å²) < 4.78 is 0. The lowest BCUT2D eigenvalue weighted by Crippen LogP contribution is -2.23. The van der Waals surface area contributed by atoms with Crippen molar-refractivity contribution < 1.29 is 5.11 Å². The topological polar surface area (TPSA) is 32.3 Å². The minimum absolute atomic E-state index is 0.0343. The summed E-state index contributed by atoms with van der Waals surface area (Å²) in [6.07, 6.45) is 4.26. The van der Waals surface area contributed by atoms with Gasteiger partial charge in [0, 0.05) is 6.54 Å². The molecule has 1 aliphatic carbocycles. The maximum Gasteiger partial charge on any atom is 0.0882 e. The van der Waals surface area contributed by atoms with Gasteiger partial charge in [-0.15, -0.1) is 11.3 Å². The zero-order valence-electron chi connectivity index (χ0n) is 8.28. The average molecular weight is 211 g/mol. The van der Waals surface area contributed by atoms with Crippen molar-refractivity contribution in [3.63, 3.8) is 0 Å². The lowest BCUT2D eigenvalue weighted by Gasteiger charge is -2.25. The van der Waals surface area contributed by atoms with Crippen LogP contribution in [0.15, 0.2) is 17.5 Å². The fourth-order valence-electron chi connectivity index (χ4n) is 1.97. The summed E-state index contributed by atoms with van der Waals surface area (Å²) in [5, 5.41) is 16.2. The van der Waals surface area contributed by atoms with E-state index in [2.05, 4.69) is 22.8 Å². The van der Waals surface area contributed by atoms with Gasteiger partial charge in [-0.25, -0.2) is 0 Å². The van der Waals surface area contributed by atoms with Crippen LogP contribution in [0.5, 0.6) is 0 Å². The molecule has 3 heteroatoms. The maximum absolute atomic E-state index is 9.36. The Balaban J connectivity index is 1.71.